The van der Waals surface area contributed by atoms with Gasteiger partial charge in [-0.05, 0) is 44.9 Å². The quantitative estimate of drug-likeness (QED) is 0.229. The molecule has 0 spiro atoms. The Morgan fingerprint density at radius 1 is 0.846 bits per heavy atom. The van der Waals surface area contributed by atoms with E-state index in [4.69, 9.17) is 4.74 Å². The zero-order valence-electron chi connectivity index (χ0n) is 17.4. The standard InChI is InChI=1S/C23H44O3/c1-2-3-4-11-16-21(24)17-12-9-7-5-6-8-10-13-20-23(25)26-22-18-14-15-19-22/h21-22,24H,2-20H2,1H3. The zero-order chi connectivity index (χ0) is 18.9. The predicted molar refractivity (Wildman–Crippen MR) is 109 cm³/mol. The predicted octanol–water partition coefficient (Wildman–Crippen LogP) is 6.70. The van der Waals surface area contributed by atoms with Crippen LogP contribution in [0.4, 0.5) is 0 Å². The summed E-state index contributed by atoms with van der Waals surface area (Å²) in [6.07, 6.45) is 21.9. The minimum Gasteiger partial charge on any atom is -0.462 e. The van der Waals surface area contributed by atoms with E-state index in [1.54, 1.807) is 0 Å². The molecule has 0 bridgehead atoms. The molecule has 1 unspecified atom stereocenters. The molecule has 0 aliphatic heterocycles. The fourth-order valence-electron chi connectivity index (χ4n) is 3.91. The highest BCUT2D eigenvalue weighted by Crippen LogP contribution is 2.21. The van der Waals surface area contributed by atoms with Crippen molar-refractivity contribution in [2.75, 3.05) is 0 Å². The third-order valence-electron chi connectivity index (χ3n) is 5.66. The summed E-state index contributed by atoms with van der Waals surface area (Å²) in [7, 11) is 0. The molecule has 1 rings (SSSR count). The van der Waals surface area contributed by atoms with Gasteiger partial charge in [-0.25, -0.2) is 0 Å². The van der Waals surface area contributed by atoms with E-state index < -0.39 is 0 Å². The average molecular weight is 369 g/mol. The van der Waals surface area contributed by atoms with Crippen LogP contribution in [-0.4, -0.2) is 23.3 Å². The summed E-state index contributed by atoms with van der Waals surface area (Å²) in [5.74, 6) is 0.0187. The van der Waals surface area contributed by atoms with Crippen molar-refractivity contribution in [3.63, 3.8) is 0 Å². The van der Waals surface area contributed by atoms with Crippen LogP contribution in [0.1, 0.15) is 129 Å². The van der Waals surface area contributed by atoms with Crippen LogP contribution >= 0.6 is 0 Å². The number of esters is 1. The Morgan fingerprint density at radius 3 is 1.92 bits per heavy atom. The smallest absolute Gasteiger partial charge is 0.306 e. The first-order chi connectivity index (χ1) is 12.7. The van der Waals surface area contributed by atoms with E-state index in [0.29, 0.717) is 6.42 Å². The molecule has 154 valence electrons. The maximum atomic E-state index is 11.7. The molecule has 3 nitrogen and oxygen atoms in total. The van der Waals surface area contributed by atoms with Crippen LogP contribution in [0, 0.1) is 0 Å². The number of hydrogen-bond acceptors (Lipinski definition) is 3. The molecule has 26 heavy (non-hydrogen) atoms. The topological polar surface area (TPSA) is 46.5 Å². The molecule has 1 N–H and O–H groups in total. The van der Waals surface area contributed by atoms with Gasteiger partial charge in [0.15, 0.2) is 0 Å². The summed E-state index contributed by atoms with van der Waals surface area (Å²) in [5.41, 5.74) is 0. The van der Waals surface area contributed by atoms with Crippen molar-refractivity contribution in [3.05, 3.63) is 0 Å². The van der Waals surface area contributed by atoms with Crippen molar-refractivity contribution in [2.24, 2.45) is 0 Å². The van der Waals surface area contributed by atoms with Gasteiger partial charge in [-0.3, -0.25) is 4.79 Å². The Morgan fingerprint density at radius 2 is 1.35 bits per heavy atom. The Hall–Kier alpha value is -0.570. The van der Waals surface area contributed by atoms with E-state index >= 15 is 0 Å². The number of unbranched alkanes of at least 4 members (excludes halogenated alkanes) is 10. The van der Waals surface area contributed by atoms with Gasteiger partial charge in [-0.1, -0.05) is 77.6 Å². The van der Waals surface area contributed by atoms with Crippen molar-refractivity contribution >= 4 is 5.97 Å². The molecular weight excluding hydrogens is 324 g/mol. The van der Waals surface area contributed by atoms with Crippen LogP contribution < -0.4 is 0 Å². The lowest BCUT2D eigenvalue weighted by Gasteiger charge is -2.11. The molecule has 0 saturated heterocycles. The summed E-state index contributed by atoms with van der Waals surface area (Å²) in [5, 5.41) is 9.94. The highest BCUT2D eigenvalue weighted by Gasteiger charge is 2.18. The van der Waals surface area contributed by atoms with Gasteiger partial charge in [-0.2, -0.15) is 0 Å². The third-order valence-corrected chi connectivity index (χ3v) is 5.66. The van der Waals surface area contributed by atoms with Crippen LogP contribution in [-0.2, 0) is 9.53 Å². The second kappa shape index (κ2) is 16.6. The van der Waals surface area contributed by atoms with Gasteiger partial charge >= 0.3 is 5.97 Å². The molecule has 0 heterocycles. The largest absolute Gasteiger partial charge is 0.462 e. The summed E-state index contributed by atoms with van der Waals surface area (Å²) in [6, 6.07) is 0. The molecular formula is C23H44O3. The van der Waals surface area contributed by atoms with Gasteiger partial charge in [-0.15, -0.1) is 0 Å². The Kier molecular flexibility index (Phi) is 15.0. The number of hydrogen-bond donors (Lipinski definition) is 1. The average Bonchev–Trinajstić information content (AvgIpc) is 3.13. The Bertz CT molecular complexity index is 323. The van der Waals surface area contributed by atoms with E-state index in [-0.39, 0.29) is 18.2 Å². The summed E-state index contributed by atoms with van der Waals surface area (Å²) < 4.78 is 5.48. The molecule has 1 saturated carbocycles. The number of rotatable bonds is 17. The maximum absolute atomic E-state index is 11.7. The maximum Gasteiger partial charge on any atom is 0.306 e. The monoisotopic (exact) mass is 368 g/mol. The second-order valence-corrected chi connectivity index (χ2v) is 8.27. The SMILES string of the molecule is CCCCCCC(O)CCCCCCCCCCC(=O)OC1CCCC1. The van der Waals surface area contributed by atoms with E-state index in [2.05, 4.69) is 6.92 Å². The van der Waals surface area contributed by atoms with Gasteiger partial charge in [0.1, 0.15) is 6.10 Å². The molecule has 1 atom stereocenters. The second-order valence-electron chi connectivity index (χ2n) is 8.27. The number of carbonyl (C=O) groups is 1. The minimum absolute atomic E-state index is 0.0187. The third kappa shape index (κ3) is 13.6. The number of aliphatic hydroxyl groups is 1. The van der Waals surface area contributed by atoms with E-state index in [0.717, 1.165) is 38.5 Å². The Balaban J connectivity index is 1.77. The van der Waals surface area contributed by atoms with Crippen LogP contribution in [0.15, 0.2) is 0 Å². The van der Waals surface area contributed by atoms with E-state index in [9.17, 15) is 9.90 Å². The summed E-state index contributed by atoms with van der Waals surface area (Å²) in [4.78, 5) is 11.7. The molecule has 3 heteroatoms. The molecule has 0 amide bonds. The molecule has 0 aromatic carbocycles. The lowest BCUT2D eigenvalue weighted by molar-refractivity contribution is -0.148. The first-order valence-electron chi connectivity index (χ1n) is 11.6. The molecule has 1 fully saturated rings. The molecule has 1 aliphatic rings. The summed E-state index contributed by atoms with van der Waals surface area (Å²) >= 11 is 0. The highest BCUT2D eigenvalue weighted by molar-refractivity contribution is 5.69. The molecule has 0 aromatic heterocycles. The summed E-state index contributed by atoms with van der Waals surface area (Å²) in [6.45, 7) is 2.22. The van der Waals surface area contributed by atoms with Crippen LogP contribution in [0.2, 0.25) is 0 Å². The molecule has 0 radical (unpaired) electrons. The lowest BCUT2D eigenvalue weighted by Crippen LogP contribution is -2.14. The lowest BCUT2D eigenvalue weighted by atomic mass is 10.0. The van der Waals surface area contributed by atoms with Crippen molar-refractivity contribution < 1.29 is 14.6 Å². The highest BCUT2D eigenvalue weighted by atomic mass is 16.5. The number of carbonyl (C=O) groups excluding carboxylic acids is 1. The zero-order valence-corrected chi connectivity index (χ0v) is 17.4. The normalized spacial score (nSPS) is 16.1. The van der Waals surface area contributed by atoms with Gasteiger partial charge < -0.3 is 9.84 Å². The number of aliphatic hydroxyl groups excluding tert-OH is 1. The van der Waals surface area contributed by atoms with E-state index in [1.165, 1.54) is 77.0 Å². The Labute approximate surface area is 162 Å². The first kappa shape index (κ1) is 23.5. The molecule has 0 aromatic rings. The molecule has 1 aliphatic carbocycles. The van der Waals surface area contributed by atoms with Gasteiger partial charge in [0.05, 0.1) is 6.10 Å². The van der Waals surface area contributed by atoms with Gasteiger partial charge in [0.25, 0.3) is 0 Å². The van der Waals surface area contributed by atoms with Crippen molar-refractivity contribution in [1.29, 1.82) is 0 Å². The van der Waals surface area contributed by atoms with E-state index in [1.807, 2.05) is 0 Å². The minimum atomic E-state index is -0.0733. The first-order valence-corrected chi connectivity index (χ1v) is 11.6. The van der Waals surface area contributed by atoms with Crippen molar-refractivity contribution in [3.8, 4) is 0 Å². The van der Waals surface area contributed by atoms with Crippen molar-refractivity contribution in [2.45, 2.75) is 141 Å². The van der Waals surface area contributed by atoms with Gasteiger partial charge in [0.2, 0.25) is 0 Å². The fourth-order valence-corrected chi connectivity index (χ4v) is 3.91. The van der Waals surface area contributed by atoms with Gasteiger partial charge in [0, 0.05) is 6.42 Å². The van der Waals surface area contributed by atoms with Crippen LogP contribution in [0.3, 0.4) is 0 Å². The van der Waals surface area contributed by atoms with Crippen molar-refractivity contribution in [1.82, 2.24) is 0 Å². The van der Waals surface area contributed by atoms with Crippen LogP contribution in [0.25, 0.3) is 0 Å². The number of ether oxygens (including phenoxy) is 1. The van der Waals surface area contributed by atoms with Crippen LogP contribution in [0.5, 0.6) is 0 Å². The fraction of sp³-hybridized carbons (Fsp3) is 0.957.